The van der Waals surface area contributed by atoms with E-state index in [0.29, 0.717) is 26.3 Å². The average molecular weight is 465 g/mol. The fraction of sp³-hybridized carbons (Fsp3) is 0.682. The maximum Gasteiger partial charge on any atom is 0.409 e. The molecule has 2 aromatic rings. The zero-order valence-electron chi connectivity index (χ0n) is 18.9. The Morgan fingerprint density at radius 2 is 2.00 bits per heavy atom. The Kier molecular flexibility index (Phi) is 6.93. The van der Waals surface area contributed by atoms with Gasteiger partial charge in [0, 0.05) is 43.2 Å². The molecule has 1 amide bonds. The maximum atomic E-state index is 12.1. The number of rotatable bonds is 6. The van der Waals surface area contributed by atoms with Crippen LogP contribution < -0.4 is 4.90 Å². The van der Waals surface area contributed by atoms with Crippen molar-refractivity contribution in [2.24, 2.45) is 0 Å². The number of anilines is 1. The lowest BCUT2D eigenvalue weighted by atomic mass is 9.90. The van der Waals surface area contributed by atoms with Gasteiger partial charge in [0.15, 0.2) is 5.16 Å². The summed E-state index contributed by atoms with van der Waals surface area (Å²) in [4.78, 5) is 28.5. The predicted molar refractivity (Wildman–Crippen MR) is 126 cm³/mol. The number of thioether (sulfide) groups is 1. The minimum absolute atomic E-state index is 0.142. The molecule has 0 aromatic carbocycles. The Bertz CT molecular complexity index is 942. The minimum Gasteiger partial charge on any atom is -0.450 e. The smallest absolute Gasteiger partial charge is 0.409 e. The first-order valence-electron chi connectivity index (χ1n) is 11.2. The van der Waals surface area contributed by atoms with E-state index >= 15 is 0 Å². The van der Waals surface area contributed by atoms with Crippen molar-refractivity contribution in [3.63, 3.8) is 0 Å². The highest BCUT2D eigenvalue weighted by molar-refractivity contribution is 7.99. The Morgan fingerprint density at radius 3 is 2.68 bits per heavy atom. The SMILES string of the molecule is CCCSc1nc(N2CCN(C(=O)OCC)CC2)c2c3c(sc2n1)CO[C@@](C)(CC)C3. The molecular formula is C22H32N4O3S2. The quantitative estimate of drug-likeness (QED) is 0.453. The van der Waals surface area contributed by atoms with Gasteiger partial charge >= 0.3 is 6.09 Å². The molecule has 2 aromatic heterocycles. The monoisotopic (exact) mass is 464 g/mol. The lowest BCUT2D eigenvalue weighted by molar-refractivity contribution is -0.0543. The van der Waals surface area contributed by atoms with E-state index in [2.05, 4.69) is 25.7 Å². The number of aromatic nitrogens is 2. The molecule has 4 heterocycles. The van der Waals surface area contributed by atoms with E-state index in [-0.39, 0.29) is 11.7 Å². The van der Waals surface area contributed by atoms with E-state index in [9.17, 15) is 4.79 Å². The van der Waals surface area contributed by atoms with Gasteiger partial charge in [-0.3, -0.25) is 0 Å². The zero-order valence-corrected chi connectivity index (χ0v) is 20.5. The third-order valence-electron chi connectivity index (χ3n) is 6.09. The summed E-state index contributed by atoms with van der Waals surface area (Å²) in [6.07, 6.45) is 2.73. The van der Waals surface area contributed by atoms with Gasteiger partial charge in [-0.25, -0.2) is 14.8 Å². The first kappa shape index (κ1) is 22.6. The lowest BCUT2D eigenvalue weighted by Gasteiger charge is -2.36. The van der Waals surface area contributed by atoms with Gasteiger partial charge in [-0.15, -0.1) is 11.3 Å². The van der Waals surface area contributed by atoms with Crippen LogP contribution in [0.5, 0.6) is 0 Å². The van der Waals surface area contributed by atoms with Crippen LogP contribution in [-0.2, 0) is 22.5 Å². The molecule has 2 aliphatic heterocycles. The Labute approximate surface area is 192 Å². The number of thiophene rings is 1. The largest absolute Gasteiger partial charge is 0.450 e. The molecule has 0 radical (unpaired) electrons. The number of carbonyl (C=O) groups is 1. The molecule has 0 aliphatic carbocycles. The molecule has 0 N–H and O–H groups in total. The van der Waals surface area contributed by atoms with Crippen molar-refractivity contribution < 1.29 is 14.3 Å². The van der Waals surface area contributed by atoms with Crippen LogP contribution in [0.4, 0.5) is 10.6 Å². The van der Waals surface area contributed by atoms with Crippen molar-refractivity contribution in [2.45, 2.75) is 64.3 Å². The molecule has 2 aliphatic rings. The van der Waals surface area contributed by atoms with Crippen LogP contribution in [0.2, 0.25) is 0 Å². The van der Waals surface area contributed by atoms with Crippen molar-refractivity contribution in [2.75, 3.05) is 43.4 Å². The third-order valence-corrected chi connectivity index (χ3v) is 8.24. The van der Waals surface area contributed by atoms with Crippen LogP contribution in [0.1, 0.15) is 51.0 Å². The van der Waals surface area contributed by atoms with Gasteiger partial charge in [0.05, 0.1) is 24.2 Å². The number of nitrogens with zero attached hydrogens (tertiary/aromatic N) is 4. The van der Waals surface area contributed by atoms with Crippen LogP contribution in [0.25, 0.3) is 10.2 Å². The van der Waals surface area contributed by atoms with Crippen molar-refractivity contribution in [3.05, 3.63) is 10.4 Å². The number of hydrogen-bond acceptors (Lipinski definition) is 8. The lowest BCUT2D eigenvalue weighted by Crippen LogP contribution is -2.49. The average Bonchev–Trinajstić information content (AvgIpc) is 3.14. The minimum atomic E-state index is -0.224. The standard InChI is InChI=1S/C22H32N4O3S2/c1-5-12-30-20-23-18(25-8-10-26(11-9-25)21(27)28-7-3)17-15-13-22(4,6-2)29-14-16(15)31-19(17)24-20/h5-14H2,1-4H3/t22-/m0/s1. The highest BCUT2D eigenvalue weighted by atomic mass is 32.2. The molecule has 1 fully saturated rings. The second-order valence-corrected chi connectivity index (χ2v) is 10.4. The van der Waals surface area contributed by atoms with Gasteiger partial charge < -0.3 is 19.3 Å². The summed E-state index contributed by atoms with van der Waals surface area (Å²) in [5.74, 6) is 2.02. The summed E-state index contributed by atoms with van der Waals surface area (Å²) in [5.41, 5.74) is 1.21. The second kappa shape index (κ2) is 9.50. The molecule has 0 unspecified atom stereocenters. The summed E-state index contributed by atoms with van der Waals surface area (Å²) in [7, 11) is 0. The van der Waals surface area contributed by atoms with Gasteiger partial charge in [-0.1, -0.05) is 25.6 Å². The molecule has 9 heteroatoms. The number of hydrogen-bond donors (Lipinski definition) is 0. The van der Waals surface area contributed by atoms with E-state index in [1.165, 1.54) is 15.8 Å². The molecule has 31 heavy (non-hydrogen) atoms. The van der Waals surface area contributed by atoms with E-state index < -0.39 is 0 Å². The number of fused-ring (bicyclic) bond motifs is 3. The maximum absolute atomic E-state index is 12.1. The van der Waals surface area contributed by atoms with Gasteiger partial charge in [0.1, 0.15) is 10.6 Å². The number of ether oxygens (including phenoxy) is 2. The van der Waals surface area contributed by atoms with Crippen molar-refractivity contribution in [3.8, 4) is 0 Å². The summed E-state index contributed by atoms with van der Waals surface area (Å²) in [5, 5.41) is 2.03. The molecule has 0 bridgehead atoms. The normalized spacial score (nSPS) is 21.4. The van der Waals surface area contributed by atoms with Crippen LogP contribution in [0.3, 0.4) is 0 Å². The molecule has 0 saturated carbocycles. The van der Waals surface area contributed by atoms with E-state index in [1.54, 1.807) is 28.0 Å². The van der Waals surface area contributed by atoms with Crippen molar-refractivity contribution in [1.29, 1.82) is 0 Å². The van der Waals surface area contributed by atoms with Crippen molar-refractivity contribution in [1.82, 2.24) is 14.9 Å². The van der Waals surface area contributed by atoms with Crippen LogP contribution in [-0.4, -0.2) is 65.1 Å². The Morgan fingerprint density at radius 1 is 1.23 bits per heavy atom. The summed E-state index contributed by atoms with van der Waals surface area (Å²) < 4.78 is 11.4. The molecule has 0 spiro atoms. The molecular weight excluding hydrogens is 432 g/mol. The van der Waals surface area contributed by atoms with Gasteiger partial charge in [0.2, 0.25) is 0 Å². The molecule has 4 rings (SSSR count). The van der Waals surface area contributed by atoms with E-state index in [4.69, 9.17) is 19.4 Å². The number of piperazine rings is 1. The first-order valence-corrected chi connectivity index (χ1v) is 13.0. The van der Waals surface area contributed by atoms with E-state index in [0.717, 1.165) is 53.9 Å². The Balaban J connectivity index is 1.69. The highest BCUT2D eigenvalue weighted by Crippen LogP contribution is 2.43. The van der Waals surface area contributed by atoms with Gasteiger partial charge in [-0.2, -0.15) is 0 Å². The molecule has 7 nitrogen and oxygen atoms in total. The topological polar surface area (TPSA) is 67.8 Å². The number of amides is 1. The van der Waals surface area contributed by atoms with Crippen LogP contribution in [0, 0.1) is 0 Å². The molecule has 1 saturated heterocycles. The van der Waals surface area contributed by atoms with Crippen LogP contribution >= 0.6 is 23.1 Å². The van der Waals surface area contributed by atoms with Crippen molar-refractivity contribution >= 4 is 45.2 Å². The highest BCUT2D eigenvalue weighted by Gasteiger charge is 2.34. The predicted octanol–water partition coefficient (Wildman–Crippen LogP) is 4.71. The summed E-state index contributed by atoms with van der Waals surface area (Å²) in [6, 6.07) is 0. The van der Waals surface area contributed by atoms with E-state index in [1.807, 2.05) is 6.92 Å². The van der Waals surface area contributed by atoms with Gasteiger partial charge in [0.25, 0.3) is 0 Å². The van der Waals surface area contributed by atoms with Gasteiger partial charge in [-0.05, 0) is 32.3 Å². The fourth-order valence-corrected chi connectivity index (χ4v) is 5.91. The molecule has 1 atom stereocenters. The Hall–Kier alpha value is -1.58. The second-order valence-electron chi connectivity index (χ2n) is 8.30. The third kappa shape index (κ3) is 4.64. The number of carbonyl (C=O) groups excluding carboxylic acids is 1. The molecule has 170 valence electrons. The summed E-state index contributed by atoms with van der Waals surface area (Å²) >= 11 is 3.47. The fourth-order valence-electron chi connectivity index (χ4n) is 4.06. The zero-order chi connectivity index (χ0) is 22.0. The summed E-state index contributed by atoms with van der Waals surface area (Å²) in [6.45, 7) is 12.2. The van der Waals surface area contributed by atoms with Crippen LogP contribution in [0.15, 0.2) is 5.16 Å². The first-order chi connectivity index (χ1) is 15.0.